The van der Waals surface area contributed by atoms with Crippen molar-refractivity contribution in [2.45, 2.75) is 31.9 Å². The van der Waals surface area contributed by atoms with Gasteiger partial charge in [-0.1, -0.05) is 0 Å². The number of quaternary nitrogens is 1. The van der Waals surface area contributed by atoms with Crippen LogP contribution in [0.25, 0.3) is 0 Å². The zero-order chi connectivity index (χ0) is 14.1. The summed E-state index contributed by atoms with van der Waals surface area (Å²) in [7, 11) is 2.15. The molecule has 1 amide bonds. The van der Waals surface area contributed by atoms with E-state index >= 15 is 0 Å². The highest BCUT2D eigenvalue weighted by Gasteiger charge is 2.28. The average molecular weight is 292 g/mol. The summed E-state index contributed by atoms with van der Waals surface area (Å²) in [4.78, 5) is 14.8. The predicted molar refractivity (Wildman–Crippen MR) is 75.8 cm³/mol. The fourth-order valence-electron chi connectivity index (χ4n) is 2.80. The van der Waals surface area contributed by atoms with E-state index in [9.17, 15) is 10.1 Å². The molecule has 1 aromatic heterocycles. The molecule has 0 spiro atoms. The summed E-state index contributed by atoms with van der Waals surface area (Å²) < 4.78 is 5.39. The second kappa shape index (κ2) is 5.52. The zero-order valence-corrected chi connectivity index (χ0v) is 12.3. The van der Waals surface area contributed by atoms with E-state index < -0.39 is 0 Å². The molecule has 2 atom stereocenters. The highest BCUT2D eigenvalue weighted by Crippen LogP contribution is 2.34. The fraction of sp³-hybridized carbons (Fsp3) is 0.571. The molecule has 5 nitrogen and oxygen atoms in total. The number of rotatable bonds is 2. The Hall–Kier alpha value is -1.42. The monoisotopic (exact) mass is 292 g/mol. The summed E-state index contributed by atoms with van der Waals surface area (Å²) in [6.07, 6.45) is 2.26. The molecule has 3 heterocycles. The summed E-state index contributed by atoms with van der Waals surface area (Å²) in [6.45, 7) is 2.63. The molecule has 0 saturated carbocycles. The van der Waals surface area contributed by atoms with Crippen molar-refractivity contribution in [1.82, 2.24) is 0 Å². The van der Waals surface area contributed by atoms with Gasteiger partial charge in [0.15, 0.2) is 0 Å². The number of carbonyl (C=O) groups is 1. The third kappa shape index (κ3) is 2.44. The number of nitrogens with zero attached hydrogens (tertiary/aromatic N) is 1. The highest BCUT2D eigenvalue weighted by atomic mass is 32.1. The van der Waals surface area contributed by atoms with Crippen molar-refractivity contribution in [3.8, 4) is 6.07 Å². The molecule has 0 aromatic carbocycles. The molecule has 1 aromatic rings. The van der Waals surface area contributed by atoms with Crippen molar-refractivity contribution in [3.63, 3.8) is 0 Å². The van der Waals surface area contributed by atoms with E-state index in [-0.39, 0.29) is 12.0 Å². The van der Waals surface area contributed by atoms with Crippen LogP contribution in [0.15, 0.2) is 0 Å². The zero-order valence-electron chi connectivity index (χ0n) is 11.5. The Morgan fingerprint density at radius 3 is 3.15 bits per heavy atom. The van der Waals surface area contributed by atoms with Gasteiger partial charge in [0.25, 0.3) is 5.91 Å². The van der Waals surface area contributed by atoms with Gasteiger partial charge in [-0.15, -0.1) is 11.3 Å². The highest BCUT2D eigenvalue weighted by molar-refractivity contribution is 7.16. The van der Waals surface area contributed by atoms with Crippen molar-refractivity contribution < 1.29 is 14.4 Å². The Morgan fingerprint density at radius 1 is 1.60 bits per heavy atom. The summed E-state index contributed by atoms with van der Waals surface area (Å²) in [5.74, 6) is -0.113. The second-order valence-corrected chi connectivity index (χ2v) is 6.55. The Bertz CT molecular complexity index is 570. The van der Waals surface area contributed by atoms with Crippen molar-refractivity contribution in [2.24, 2.45) is 0 Å². The van der Waals surface area contributed by atoms with Crippen LogP contribution in [0, 0.1) is 11.3 Å². The first kappa shape index (κ1) is 13.6. The molecule has 2 aliphatic heterocycles. The third-order valence-electron chi connectivity index (χ3n) is 3.93. The predicted octanol–water partition coefficient (Wildman–Crippen LogP) is 0.308. The molecular formula is C14H18N3O2S+. The molecule has 1 fully saturated rings. The van der Waals surface area contributed by atoms with Crippen molar-refractivity contribution >= 4 is 22.2 Å². The number of thiophene rings is 1. The van der Waals surface area contributed by atoms with Crippen LogP contribution in [0.3, 0.4) is 0 Å². The average Bonchev–Trinajstić information content (AvgIpc) is 3.04. The number of amides is 1. The lowest BCUT2D eigenvalue weighted by Gasteiger charge is -2.18. The van der Waals surface area contributed by atoms with E-state index in [4.69, 9.17) is 4.74 Å². The quantitative estimate of drug-likeness (QED) is 0.824. The van der Waals surface area contributed by atoms with E-state index in [1.165, 1.54) is 9.78 Å². The minimum absolute atomic E-state index is 0.113. The fourth-order valence-corrected chi connectivity index (χ4v) is 4.12. The van der Waals surface area contributed by atoms with Gasteiger partial charge in [0.05, 0.1) is 24.0 Å². The number of nitriles is 1. The normalized spacial score (nSPS) is 25.0. The number of nitrogens with one attached hydrogen (secondary N) is 2. The van der Waals surface area contributed by atoms with Gasteiger partial charge in [-0.05, 0) is 18.4 Å². The van der Waals surface area contributed by atoms with Crippen LogP contribution in [0.1, 0.15) is 28.8 Å². The maximum atomic E-state index is 12.1. The Morgan fingerprint density at radius 2 is 2.45 bits per heavy atom. The van der Waals surface area contributed by atoms with Crippen LogP contribution in [-0.4, -0.2) is 32.2 Å². The van der Waals surface area contributed by atoms with E-state index in [0.29, 0.717) is 17.2 Å². The Labute approximate surface area is 122 Å². The lowest BCUT2D eigenvalue weighted by atomic mass is 10.0. The maximum absolute atomic E-state index is 12.1. The molecule has 20 heavy (non-hydrogen) atoms. The van der Waals surface area contributed by atoms with Gasteiger partial charge >= 0.3 is 0 Å². The summed E-state index contributed by atoms with van der Waals surface area (Å²) in [5.41, 5.74) is 1.79. The molecule has 1 saturated heterocycles. The lowest BCUT2D eigenvalue weighted by molar-refractivity contribution is -0.895. The number of hydrogen-bond acceptors (Lipinski definition) is 4. The number of ether oxygens (including phenoxy) is 1. The smallest absolute Gasteiger partial charge is 0.254 e. The van der Waals surface area contributed by atoms with Crippen LogP contribution < -0.4 is 10.2 Å². The molecular weight excluding hydrogens is 274 g/mol. The van der Waals surface area contributed by atoms with Gasteiger partial charge in [0.1, 0.15) is 23.7 Å². The molecule has 3 rings (SSSR count). The molecule has 106 valence electrons. The van der Waals surface area contributed by atoms with E-state index in [2.05, 4.69) is 18.4 Å². The van der Waals surface area contributed by atoms with Crippen LogP contribution in [0.2, 0.25) is 0 Å². The van der Waals surface area contributed by atoms with Gasteiger partial charge in [-0.3, -0.25) is 4.79 Å². The lowest BCUT2D eigenvalue weighted by Crippen LogP contribution is -3.08. The Kier molecular flexibility index (Phi) is 3.74. The summed E-state index contributed by atoms with van der Waals surface area (Å²) >= 11 is 1.55. The molecule has 0 radical (unpaired) electrons. The van der Waals surface area contributed by atoms with Crippen LogP contribution in [0.5, 0.6) is 0 Å². The number of fused-ring (bicyclic) bond motifs is 1. The van der Waals surface area contributed by atoms with Crippen molar-refractivity contribution in [3.05, 3.63) is 16.0 Å². The van der Waals surface area contributed by atoms with Crippen molar-refractivity contribution in [1.29, 1.82) is 5.26 Å². The first-order valence-electron chi connectivity index (χ1n) is 6.97. The first-order valence-corrected chi connectivity index (χ1v) is 7.79. The van der Waals surface area contributed by atoms with Crippen molar-refractivity contribution in [2.75, 3.05) is 25.5 Å². The standard InChI is InChI=1S/C14H17N3O2S/c1-17-5-4-9-10(7-15)14(20-12(9)8-17)16-13(18)11-3-2-6-19-11/h11H,2-6,8H2,1H3,(H,16,18)/p+1/t11-/m0/s1. The van der Waals surface area contributed by atoms with Gasteiger partial charge in [0, 0.05) is 13.0 Å². The van der Waals surface area contributed by atoms with Gasteiger partial charge in [-0.2, -0.15) is 5.26 Å². The number of carbonyl (C=O) groups excluding carboxylic acids is 1. The number of likely N-dealkylation sites (N-methyl/N-ethyl adjacent to an activating group) is 1. The first-order chi connectivity index (χ1) is 9.69. The van der Waals surface area contributed by atoms with Crippen LogP contribution in [-0.2, 0) is 22.5 Å². The minimum Gasteiger partial charge on any atom is -0.368 e. The molecule has 2 N–H and O–H groups in total. The second-order valence-electron chi connectivity index (χ2n) is 5.44. The van der Waals surface area contributed by atoms with Crippen LogP contribution >= 0.6 is 11.3 Å². The maximum Gasteiger partial charge on any atom is 0.254 e. The van der Waals surface area contributed by atoms with Gasteiger partial charge < -0.3 is 15.0 Å². The summed E-state index contributed by atoms with van der Waals surface area (Å²) in [6, 6.07) is 2.26. The molecule has 6 heteroatoms. The van der Waals surface area contributed by atoms with Gasteiger partial charge in [0.2, 0.25) is 0 Å². The van der Waals surface area contributed by atoms with Gasteiger partial charge in [-0.25, -0.2) is 0 Å². The number of anilines is 1. The molecule has 1 unspecified atom stereocenters. The van der Waals surface area contributed by atoms with E-state index in [0.717, 1.165) is 37.9 Å². The topological polar surface area (TPSA) is 66.6 Å². The summed E-state index contributed by atoms with van der Waals surface area (Å²) in [5, 5.41) is 13.0. The van der Waals surface area contributed by atoms with Crippen LogP contribution in [0.4, 0.5) is 5.00 Å². The third-order valence-corrected chi connectivity index (χ3v) is 5.07. The van der Waals surface area contributed by atoms with E-state index in [1.54, 1.807) is 11.3 Å². The molecule has 2 aliphatic rings. The number of hydrogen-bond donors (Lipinski definition) is 2. The Balaban J connectivity index is 1.83. The molecule has 0 aliphatic carbocycles. The minimum atomic E-state index is -0.353. The largest absolute Gasteiger partial charge is 0.368 e. The SMILES string of the molecule is C[NH+]1CCc2c(sc(NC(=O)[C@@H]3CCCO3)c2C#N)C1. The molecule has 0 bridgehead atoms. The van der Waals surface area contributed by atoms with E-state index in [1.807, 2.05) is 0 Å².